The largest absolute Gasteiger partial charge is 0.410 e. The number of hydrogen-bond acceptors (Lipinski definition) is 6. The number of nitrogens with one attached hydrogen (secondary N) is 1. The molecule has 0 aliphatic carbocycles. The van der Waals surface area contributed by atoms with Crippen molar-refractivity contribution in [3.63, 3.8) is 0 Å². The van der Waals surface area contributed by atoms with Gasteiger partial charge in [-0.05, 0) is 34.1 Å². The summed E-state index contributed by atoms with van der Waals surface area (Å²) in [5, 5.41) is 7.88. The van der Waals surface area contributed by atoms with E-state index >= 15 is 0 Å². The molecule has 3 rings (SSSR count). The molecule has 2 aromatic heterocycles. The molecule has 2 amide bonds. The summed E-state index contributed by atoms with van der Waals surface area (Å²) in [5.41, 5.74) is 6.35. The maximum atomic E-state index is 12.3. The number of anilines is 1. The maximum Gasteiger partial charge on any atom is 0.410 e. The van der Waals surface area contributed by atoms with Crippen LogP contribution in [-0.4, -0.2) is 26.8 Å². The summed E-state index contributed by atoms with van der Waals surface area (Å²) >= 11 is 4.14. The van der Waals surface area contributed by atoms with E-state index in [-0.39, 0.29) is 10.8 Å². The summed E-state index contributed by atoms with van der Waals surface area (Å²) < 4.78 is 6.88. The van der Waals surface area contributed by atoms with E-state index in [4.69, 9.17) is 10.5 Å². The highest BCUT2D eigenvalue weighted by atomic mass is 79.9. The minimum atomic E-state index is -1.01. The standard InChI is InChI=1S/C13H10BrN5O3S/c1-19-5-6-4-7(2-3-8(6)18-19)16-10(20)9-11(22-13(15)21)23-12(14)17-9/h2-5H,1H3,(H2,15,21)(H,16,20). The van der Waals surface area contributed by atoms with Crippen LogP contribution in [0.1, 0.15) is 10.5 Å². The van der Waals surface area contributed by atoms with Crippen LogP contribution in [0.25, 0.3) is 10.9 Å². The number of aromatic nitrogens is 3. The van der Waals surface area contributed by atoms with E-state index in [1.807, 2.05) is 13.2 Å². The number of rotatable bonds is 3. The molecular formula is C13H10BrN5O3S. The first-order chi connectivity index (χ1) is 10.9. The SMILES string of the molecule is Cn1cc2cc(NC(=O)c3nc(Br)sc3OC(N)=O)ccc2n1. The Morgan fingerprint density at radius 2 is 2.22 bits per heavy atom. The number of fused-ring (bicyclic) bond motifs is 1. The number of primary amides is 1. The summed E-state index contributed by atoms with van der Waals surface area (Å²) in [5.74, 6) is -0.508. The van der Waals surface area contributed by atoms with E-state index in [1.165, 1.54) is 0 Å². The average Bonchev–Trinajstić information content (AvgIpc) is 2.99. The third kappa shape index (κ3) is 3.32. The molecule has 8 nitrogen and oxygen atoms in total. The quantitative estimate of drug-likeness (QED) is 0.707. The predicted molar refractivity (Wildman–Crippen MR) is 88.7 cm³/mol. The van der Waals surface area contributed by atoms with Gasteiger partial charge in [0.1, 0.15) is 0 Å². The van der Waals surface area contributed by atoms with Crippen molar-refractivity contribution in [2.24, 2.45) is 12.8 Å². The van der Waals surface area contributed by atoms with Crippen LogP contribution in [0.5, 0.6) is 5.06 Å². The van der Waals surface area contributed by atoms with Crippen molar-refractivity contribution in [1.82, 2.24) is 14.8 Å². The van der Waals surface area contributed by atoms with Crippen LogP contribution in [0.15, 0.2) is 28.3 Å². The number of carbonyl (C=O) groups is 2. The first kappa shape index (κ1) is 15.4. The maximum absolute atomic E-state index is 12.3. The number of benzene rings is 1. The second-order valence-corrected chi connectivity index (χ2v) is 6.79. The van der Waals surface area contributed by atoms with Gasteiger partial charge in [0.05, 0.1) is 5.52 Å². The molecule has 3 N–H and O–H groups in total. The van der Waals surface area contributed by atoms with E-state index in [0.717, 1.165) is 22.2 Å². The van der Waals surface area contributed by atoms with E-state index in [1.54, 1.807) is 22.9 Å². The van der Waals surface area contributed by atoms with Crippen molar-refractivity contribution in [1.29, 1.82) is 0 Å². The molecule has 0 unspecified atom stereocenters. The first-order valence-corrected chi connectivity index (χ1v) is 7.91. The summed E-state index contributed by atoms with van der Waals surface area (Å²) in [6, 6.07) is 5.31. The van der Waals surface area contributed by atoms with E-state index < -0.39 is 12.0 Å². The number of halogens is 1. The Morgan fingerprint density at radius 1 is 1.43 bits per heavy atom. The Balaban J connectivity index is 1.86. The van der Waals surface area contributed by atoms with E-state index in [0.29, 0.717) is 9.60 Å². The zero-order chi connectivity index (χ0) is 16.6. The van der Waals surface area contributed by atoms with Crippen LogP contribution in [0.2, 0.25) is 0 Å². The molecular weight excluding hydrogens is 386 g/mol. The molecule has 0 saturated carbocycles. The van der Waals surface area contributed by atoms with Crippen molar-refractivity contribution >= 4 is 55.9 Å². The fourth-order valence-corrected chi connectivity index (χ4v) is 3.27. The second-order valence-electron chi connectivity index (χ2n) is 4.55. The first-order valence-electron chi connectivity index (χ1n) is 6.31. The molecule has 0 aliphatic heterocycles. The molecule has 118 valence electrons. The highest BCUT2D eigenvalue weighted by Crippen LogP contribution is 2.31. The number of thiazole rings is 1. The Hall–Kier alpha value is -2.46. The van der Waals surface area contributed by atoms with Crippen molar-refractivity contribution < 1.29 is 14.3 Å². The number of hydrogen-bond donors (Lipinski definition) is 2. The second kappa shape index (κ2) is 5.97. The minimum absolute atomic E-state index is 0.0213. The van der Waals surface area contributed by atoms with Gasteiger partial charge < -0.3 is 15.8 Å². The number of nitrogens with zero attached hydrogens (tertiary/aromatic N) is 3. The molecule has 23 heavy (non-hydrogen) atoms. The van der Waals surface area contributed by atoms with E-state index in [2.05, 4.69) is 31.3 Å². The van der Waals surface area contributed by atoms with Crippen molar-refractivity contribution in [3.05, 3.63) is 34.0 Å². The molecule has 2 heterocycles. The van der Waals surface area contributed by atoms with Gasteiger partial charge in [-0.2, -0.15) is 5.10 Å². The Kier molecular flexibility index (Phi) is 4.01. The van der Waals surface area contributed by atoms with Crippen molar-refractivity contribution in [2.45, 2.75) is 0 Å². The predicted octanol–water partition coefficient (Wildman–Crippen LogP) is 2.50. The Labute approximate surface area is 142 Å². The normalized spacial score (nSPS) is 10.7. The van der Waals surface area contributed by atoms with Crippen LogP contribution in [-0.2, 0) is 7.05 Å². The molecule has 3 aromatic rings. The summed E-state index contributed by atoms with van der Waals surface area (Å²) in [6.07, 6.45) is 0.832. The number of amides is 2. The van der Waals surface area contributed by atoms with Crippen LogP contribution in [0, 0.1) is 0 Å². The van der Waals surface area contributed by atoms with Gasteiger partial charge >= 0.3 is 6.09 Å². The molecule has 0 spiro atoms. The average molecular weight is 396 g/mol. The monoisotopic (exact) mass is 395 g/mol. The summed E-state index contributed by atoms with van der Waals surface area (Å²) in [6.45, 7) is 0. The third-order valence-electron chi connectivity index (χ3n) is 2.86. The zero-order valence-corrected chi connectivity index (χ0v) is 14.1. The number of ether oxygens (including phenoxy) is 1. The molecule has 0 saturated heterocycles. The number of carbonyl (C=O) groups excluding carboxylic acids is 2. The Bertz CT molecular complexity index is 920. The lowest BCUT2D eigenvalue weighted by atomic mass is 10.2. The van der Waals surface area contributed by atoms with Gasteiger partial charge in [0.2, 0.25) is 5.06 Å². The van der Waals surface area contributed by atoms with Crippen LogP contribution >= 0.6 is 27.3 Å². The zero-order valence-electron chi connectivity index (χ0n) is 11.7. The molecule has 1 aromatic carbocycles. The van der Waals surface area contributed by atoms with Gasteiger partial charge in [0.25, 0.3) is 5.91 Å². The van der Waals surface area contributed by atoms with E-state index in [9.17, 15) is 9.59 Å². The smallest absolute Gasteiger partial charge is 0.397 e. The topological polar surface area (TPSA) is 112 Å². The van der Waals surface area contributed by atoms with Crippen molar-refractivity contribution in [3.8, 4) is 5.06 Å². The molecule has 0 bridgehead atoms. The lowest BCUT2D eigenvalue weighted by molar-refractivity contribution is 0.102. The summed E-state index contributed by atoms with van der Waals surface area (Å²) in [4.78, 5) is 27.2. The van der Waals surface area contributed by atoms with Crippen LogP contribution in [0.4, 0.5) is 10.5 Å². The minimum Gasteiger partial charge on any atom is -0.397 e. The fraction of sp³-hybridized carbons (Fsp3) is 0.0769. The third-order valence-corrected chi connectivity index (χ3v) is 4.24. The summed E-state index contributed by atoms with van der Waals surface area (Å²) in [7, 11) is 1.82. The van der Waals surface area contributed by atoms with Gasteiger partial charge in [-0.3, -0.25) is 9.48 Å². The lowest BCUT2D eigenvalue weighted by Crippen LogP contribution is -2.19. The van der Waals surface area contributed by atoms with Gasteiger partial charge in [-0.1, -0.05) is 11.3 Å². The van der Waals surface area contributed by atoms with Crippen molar-refractivity contribution in [2.75, 3.05) is 5.32 Å². The lowest BCUT2D eigenvalue weighted by Gasteiger charge is -2.04. The van der Waals surface area contributed by atoms with Gasteiger partial charge in [0.15, 0.2) is 9.61 Å². The number of aryl methyl sites for hydroxylation is 1. The van der Waals surface area contributed by atoms with Gasteiger partial charge in [0, 0.05) is 24.3 Å². The van der Waals surface area contributed by atoms with Gasteiger partial charge in [-0.25, -0.2) is 9.78 Å². The molecule has 0 radical (unpaired) electrons. The highest BCUT2D eigenvalue weighted by Gasteiger charge is 2.21. The molecule has 0 atom stereocenters. The molecule has 0 fully saturated rings. The van der Waals surface area contributed by atoms with Crippen LogP contribution < -0.4 is 15.8 Å². The Morgan fingerprint density at radius 3 is 2.96 bits per heavy atom. The van der Waals surface area contributed by atoms with Crippen LogP contribution in [0.3, 0.4) is 0 Å². The highest BCUT2D eigenvalue weighted by molar-refractivity contribution is 9.11. The van der Waals surface area contributed by atoms with Gasteiger partial charge in [-0.15, -0.1) is 0 Å². The fourth-order valence-electron chi connectivity index (χ4n) is 2.00. The molecule has 10 heteroatoms. The molecule has 0 aliphatic rings. The number of nitrogens with two attached hydrogens (primary N) is 1.